The van der Waals surface area contributed by atoms with Gasteiger partial charge in [0, 0.05) is 11.6 Å². The Balaban J connectivity index is 1.99. The smallest absolute Gasteiger partial charge is 0.230 e. The van der Waals surface area contributed by atoms with E-state index >= 15 is 0 Å². The van der Waals surface area contributed by atoms with Crippen LogP contribution in [0.1, 0.15) is 0 Å². The Morgan fingerprint density at radius 1 is 1.05 bits per heavy atom. The fourth-order valence-electron chi connectivity index (χ4n) is 2.78. The van der Waals surface area contributed by atoms with E-state index in [9.17, 15) is 4.79 Å². The molecule has 0 unspecified atom stereocenters. The van der Waals surface area contributed by atoms with Crippen molar-refractivity contribution in [1.82, 2.24) is 14.6 Å². The summed E-state index contributed by atoms with van der Waals surface area (Å²) in [6.07, 6.45) is 1.84. The molecule has 22 heavy (non-hydrogen) atoms. The largest absolute Gasteiger partial charge is 0.437 e. The lowest BCUT2D eigenvalue weighted by Gasteiger charge is -2.05. The molecule has 0 saturated carbocycles. The van der Waals surface area contributed by atoms with Gasteiger partial charge in [-0.25, -0.2) is 4.52 Å². The predicted octanol–water partition coefficient (Wildman–Crippen LogP) is 3.09. The molecule has 0 fully saturated rings. The molecule has 0 atom stereocenters. The van der Waals surface area contributed by atoms with Crippen molar-refractivity contribution in [2.75, 3.05) is 0 Å². The molecule has 3 heterocycles. The maximum Gasteiger partial charge on any atom is 0.230 e. The second kappa shape index (κ2) is 3.92. The van der Waals surface area contributed by atoms with E-state index in [1.165, 1.54) is 6.07 Å². The Labute approximate surface area is 123 Å². The van der Waals surface area contributed by atoms with Gasteiger partial charge in [0.15, 0.2) is 11.1 Å². The first-order valence-electron chi connectivity index (χ1n) is 6.90. The Morgan fingerprint density at radius 3 is 2.91 bits per heavy atom. The molecule has 0 amide bonds. The zero-order valence-electron chi connectivity index (χ0n) is 11.4. The zero-order valence-corrected chi connectivity index (χ0v) is 11.4. The first-order valence-corrected chi connectivity index (χ1v) is 6.90. The molecule has 2 aromatic heterocycles. The van der Waals surface area contributed by atoms with Crippen molar-refractivity contribution >= 4 is 27.6 Å². The summed E-state index contributed by atoms with van der Waals surface area (Å²) in [7, 11) is 0. The van der Waals surface area contributed by atoms with Gasteiger partial charge in [-0.05, 0) is 30.3 Å². The third kappa shape index (κ3) is 1.45. The van der Waals surface area contributed by atoms with Crippen LogP contribution in [-0.4, -0.2) is 14.6 Å². The fourth-order valence-corrected chi connectivity index (χ4v) is 2.78. The standard InChI is InChI=1S/C17H9N3O2/c21-14-6-3-7-15-12(14)8-10-9-20-16(18-17(10)22-15)11-4-1-2-5-13(11)19-20/h1-9H. The average molecular weight is 287 g/mol. The highest BCUT2D eigenvalue weighted by Crippen LogP contribution is 2.26. The van der Waals surface area contributed by atoms with Gasteiger partial charge in [0.25, 0.3) is 0 Å². The molecule has 2 aliphatic rings. The summed E-state index contributed by atoms with van der Waals surface area (Å²) in [5.74, 6) is 0.542. The molecule has 3 aromatic rings. The van der Waals surface area contributed by atoms with Gasteiger partial charge in [0.05, 0.1) is 16.5 Å². The highest BCUT2D eigenvalue weighted by atomic mass is 16.3. The lowest BCUT2D eigenvalue weighted by atomic mass is 10.1. The lowest BCUT2D eigenvalue weighted by molar-refractivity contribution is 0.605. The first-order chi connectivity index (χ1) is 10.8. The molecule has 0 spiro atoms. The summed E-state index contributed by atoms with van der Waals surface area (Å²) in [5, 5.41) is 6.22. The van der Waals surface area contributed by atoms with Crippen LogP contribution in [0.25, 0.3) is 39.0 Å². The van der Waals surface area contributed by atoms with Gasteiger partial charge < -0.3 is 4.42 Å². The van der Waals surface area contributed by atoms with Crippen molar-refractivity contribution < 1.29 is 4.42 Å². The van der Waals surface area contributed by atoms with Crippen molar-refractivity contribution in [1.29, 1.82) is 0 Å². The Kier molecular flexibility index (Phi) is 2.04. The monoisotopic (exact) mass is 287 g/mol. The first kappa shape index (κ1) is 11.4. The van der Waals surface area contributed by atoms with E-state index in [1.807, 2.05) is 30.5 Å². The number of hydrogen-bond acceptors (Lipinski definition) is 4. The van der Waals surface area contributed by atoms with Gasteiger partial charge in [0.2, 0.25) is 5.71 Å². The minimum atomic E-state index is -0.0612. The van der Waals surface area contributed by atoms with Crippen molar-refractivity contribution in [3.63, 3.8) is 0 Å². The number of hydrogen-bond donors (Lipinski definition) is 0. The molecule has 0 saturated heterocycles. The van der Waals surface area contributed by atoms with Crippen LogP contribution in [0.3, 0.4) is 0 Å². The van der Waals surface area contributed by atoms with Gasteiger partial charge in [0.1, 0.15) is 5.76 Å². The molecule has 0 radical (unpaired) electrons. The third-order valence-corrected chi connectivity index (χ3v) is 3.83. The van der Waals surface area contributed by atoms with E-state index in [2.05, 4.69) is 10.1 Å². The normalized spacial score (nSPS) is 11.8. The van der Waals surface area contributed by atoms with E-state index in [1.54, 1.807) is 22.7 Å². The topological polar surface area (TPSA) is 60.4 Å². The molecule has 5 nitrogen and oxygen atoms in total. The number of nitrogens with zero attached hydrogens (tertiary/aromatic N) is 3. The predicted molar refractivity (Wildman–Crippen MR) is 83.2 cm³/mol. The second-order valence-electron chi connectivity index (χ2n) is 5.20. The van der Waals surface area contributed by atoms with E-state index < -0.39 is 0 Å². The van der Waals surface area contributed by atoms with Crippen LogP contribution in [-0.2, 0) is 0 Å². The third-order valence-electron chi connectivity index (χ3n) is 3.83. The Morgan fingerprint density at radius 2 is 1.95 bits per heavy atom. The summed E-state index contributed by atoms with van der Waals surface area (Å²) >= 11 is 0. The molecule has 1 aliphatic carbocycles. The fraction of sp³-hybridized carbons (Fsp3) is 0. The summed E-state index contributed by atoms with van der Waals surface area (Å²) < 4.78 is 7.53. The van der Waals surface area contributed by atoms with Gasteiger partial charge in [-0.15, -0.1) is 0 Å². The number of benzene rings is 2. The molecule has 1 aromatic carbocycles. The molecule has 1 aliphatic heterocycles. The van der Waals surface area contributed by atoms with Crippen molar-refractivity contribution in [2.45, 2.75) is 0 Å². The molecule has 104 valence electrons. The number of fused-ring (bicyclic) bond motifs is 5. The van der Waals surface area contributed by atoms with Crippen molar-refractivity contribution in [3.05, 3.63) is 65.0 Å². The Hall–Kier alpha value is -3.21. The average Bonchev–Trinajstić information content (AvgIpc) is 2.89. The van der Waals surface area contributed by atoms with E-state index in [0.717, 1.165) is 21.9 Å². The number of rotatable bonds is 0. The van der Waals surface area contributed by atoms with Crippen LogP contribution < -0.4 is 5.43 Å². The van der Waals surface area contributed by atoms with Crippen LogP contribution >= 0.6 is 0 Å². The maximum atomic E-state index is 11.9. The van der Waals surface area contributed by atoms with Gasteiger partial charge >= 0.3 is 0 Å². The van der Waals surface area contributed by atoms with E-state index in [0.29, 0.717) is 17.0 Å². The molecule has 5 rings (SSSR count). The highest BCUT2D eigenvalue weighted by molar-refractivity contribution is 5.94. The van der Waals surface area contributed by atoms with Gasteiger partial charge in [-0.2, -0.15) is 10.1 Å². The second-order valence-corrected chi connectivity index (χ2v) is 5.20. The number of aromatic nitrogens is 3. The van der Waals surface area contributed by atoms with Crippen molar-refractivity contribution in [3.8, 4) is 11.3 Å². The van der Waals surface area contributed by atoms with Crippen LogP contribution in [0.4, 0.5) is 0 Å². The lowest BCUT2D eigenvalue weighted by Crippen LogP contribution is -2.03. The zero-order chi connectivity index (χ0) is 14.7. The van der Waals surface area contributed by atoms with Crippen LogP contribution in [0.5, 0.6) is 0 Å². The van der Waals surface area contributed by atoms with E-state index in [4.69, 9.17) is 4.42 Å². The maximum absolute atomic E-state index is 11.9. The molecule has 0 N–H and O–H groups in total. The minimum Gasteiger partial charge on any atom is -0.437 e. The molecular formula is C17H9N3O2. The Bertz CT molecular complexity index is 1200. The SMILES string of the molecule is O=c1cccc2oc3nc4c5ccccc5nn4cc3cc1-2. The molecular weight excluding hydrogens is 278 g/mol. The summed E-state index contributed by atoms with van der Waals surface area (Å²) in [4.78, 5) is 16.5. The van der Waals surface area contributed by atoms with Crippen LogP contribution in [0.2, 0.25) is 0 Å². The summed E-state index contributed by atoms with van der Waals surface area (Å²) in [5.41, 5.74) is 2.60. The minimum absolute atomic E-state index is 0.0612. The van der Waals surface area contributed by atoms with Gasteiger partial charge in [-0.3, -0.25) is 4.79 Å². The highest BCUT2D eigenvalue weighted by Gasteiger charge is 2.13. The molecule has 0 bridgehead atoms. The molecule has 5 heteroatoms. The van der Waals surface area contributed by atoms with E-state index in [-0.39, 0.29) is 5.43 Å². The van der Waals surface area contributed by atoms with Crippen LogP contribution in [0.15, 0.2) is 63.9 Å². The summed E-state index contributed by atoms with van der Waals surface area (Å²) in [6, 6.07) is 14.6. The quantitative estimate of drug-likeness (QED) is 0.411. The van der Waals surface area contributed by atoms with Crippen molar-refractivity contribution in [2.24, 2.45) is 0 Å². The van der Waals surface area contributed by atoms with Crippen LogP contribution in [0, 0.1) is 0 Å². The van der Waals surface area contributed by atoms with Gasteiger partial charge in [-0.1, -0.05) is 18.2 Å². The summed E-state index contributed by atoms with van der Waals surface area (Å²) in [6.45, 7) is 0.